The molecule has 1 heterocycles. The Kier molecular flexibility index (Phi) is 4.16. The van der Waals surface area contributed by atoms with Crippen molar-refractivity contribution in [3.63, 3.8) is 0 Å². The van der Waals surface area contributed by atoms with E-state index in [1.54, 1.807) is 27.7 Å². The third-order valence-electron chi connectivity index (χ3n) is 2.93. The molecule has 0 aromatic rings. The van der Waals surface area contributed by atoms with Crippen molar-refractivity contribution in [2.24, 2.45) is 0 Å². The Morgan fingerprint density at radius 1 is 1.44 bits per heavy atom. The summed E-state index contributed by atoms with van der Waals surface area (Å²) in [7, 11) is -3.38. The zero-order chi connectivity index (χ0) is 12.4. The standard InChI is InChI=1S/C10H20NO4P/c1-5-14-16(13,15-6-2)10(4)8-7-9(3)11(10)12/h5-8H2,1-4H3. The first-order valence-electron chi connectivity index (χ1n) is 5.60. The van der Waals surface area contributed by atoms with E-state index in [-0.39, 0.29) is 13.2 Å². The summed E-state index contributed by atoms with van der Waals surface area (Å²) in [4.78, 5) is 0. The molecule has 16 heavy (non-hydrogen) atoms. The van der Waals surface area contributed by atoms with Gasteiger partial charge in [-0.3, -0.25) is 4.57 Å². The van der Waals surface area contributed by atoms with Crippen molar-refractivity contribution in [2.45, 2.75) is 45.8 Å². The Balaban J connectivity index is 3.08. The van der Waals surface area contributed by atoms with Crippen LogP contribution in [0.25, 0.3) is 0 Å². The van der Waals surface area contributed by atoms with Gasteiger partial charge in [-0.1, -0.05) is 0 Å². The van der Waals surface area contributed by atoms with Crippen molar-refractivity contribution in [3.05, 3.63) is 5.21 Å². The molecular formula is C10H20NO4P. The van der Waals surface area contributed by atoms with Crippen LogP contribution < -0.4 is 0 Å². The molecule has 0 saturated carbocycles. The Morgan fingerprint density at radius 2 is 1.94 bits per heavy atom. The van der Waals surface area contributed by atoms with Gasteiger partial charge >= 0.3 is 7.60 Å². The van der Waals surface area contributed by atoms with Gasteiger partial charge in [0.1, 0.15) is 0 Å². The second kappa shape index (κ2) is 4.86. The van der Waals surface area contributed by atoms with Crippen LogP contribution in [-0.4, -0.2) is 28.9 Å². The zero-order valence-corrected chi connectivity index (χ0v) is 11.3. The average molecular weight is 249 g/mol. The summed E-state index contributed by atoms with van der Waals surface area (Å²) in [5, 5.41) is 10.9. The van der Waals surface area contributed by atoms with Crippen LogP contribution in [0.5, 0.6) is 0 Å². The first-order chi connectivity index (χ1) is 7.41. The number of nitrogens with zero attached hydrogens (tertiary/aromatic N) is 1. The van der Waals surface area contributed by atoms with Gasteiger partial charge in [-0.05, 0) is 13.8 Å². The molecule has 6 heteroatoms. The molecule has 0 spiro atoms. The zero-order valence-electron chi connectivity index (χ0n) is 10.4. The van der Waals surface area contributed by atoms with E-state index in [1.165, 1.54) is 0 Å². The molecule has 0 N–H and O–H groups in total. The molecule has 1 unspecified atom stereocenters. The van der Waals surface area contributed by atoms with Gasteiger partial charge < -0.3 is 14.3 Å². The minimum absolute atomic E-state index is 0.278. The summed E-state index contributed by atoms with van der Waals surface area (Å²) in [5.41, 5.74) is 0.683. The van der Waals surface area contributed by atoms with E-state index in [4.69, 9.17) is 9.05 Å². The molecule has 0 amide bonds. The van der Waals surface area contributed by atoms with Crippen molar-refractivity contribution in [1.82, 2.24) is 0 Å². The fourth-order valence-electron chi connectivity index (χ4n) is 1.94. The first-order valence-corrected chi connectivity index (χ1v) is 7.14. The van der Waals surface area contributed by atoms with Crippen molar-refractivity contribution >= 4 is 13.3 Å². The van der Waals surface area contributed by atoms with E-state index in [2.05, 4.69) is 0 Å². The van der Waals surface area contributed by atoms with Crippen LogP contribution in [0.2, 0.25) is 0 Å². The molecule has 1 rings (SSSR count). The van der Waals surface area contributed by atoms with Crippen molar-refractivity contribution < 1.29 is 18.4 Å². The fraction of sp³-hybridized carbons (Fsp3) is 0.900. The second-order valence-corrected chi connectivity index (χ2v) is 6.55. The van der Waals surface area contributed by atoms with Crippen molar-refractivity contribution in [3.8, 4) is 0 Å². The minimum atomic E-state index is -3.38. The molecule has 94 valence electrons. The second-order valence-electron chi connectivity index (χ2n) is 4.08. The average Bonchev–Trinajstić information content (AvgIpc) is 2.48. The van der Waals surface area contributed by atoms with E-state index in [1.807, 2.05) is 0 Å². The van der Waals surface area contributed by atoms with Crippen LogP contribution in [0.1, 0.15) is 40.5 Å². The fourth-order valence-corrected chi connectivity index (χ4v) is 4.02. The molecule has 0 fully saturated rings. The molecule has 1 aliphatic heterocycles. The van der Waals surface area contributed by atoms with Gasteiger partial charge in [0, 0.05) is 26.7 Å². The predicted molar refractivity (Wildman–Crippen MR) is 62.8 cm³/mol. The van der Waals surface area contributed by atoms with Crippen LogP contribution in [-0.2, 0) is 13.6 Å². The largest absolute Gasteiger partial charge is 0.623 e. The smallest absolute Gasteiger partial charge is 0.401 e. The summed E-state index contributed by atoms with van der Waals surface area (Å²) in [5.74, 6) is 0. The van der Waals surface area contributed by atoms with Crippen molar-refractivity contribution in [2.75, 3.05) is 13.2 Å². The molecule has 0 aliphatic carbocycles. The maximum absolute atomic E-state index is 12.6. The minimum Gasteiger partial charge on any atom is -0.623 e. The van der Waals surface area contributed by atoms with E-state index in [0.29, 0.717) is 18.6 Å². The number of hydrogen-bond acceptors (Lipinski definition) is 4. The third kappa shape index (κ3) is 2.04. The van der Waals surface area contributed by atoms with Crippen LogP contribution in [0, 0.1) is 5.21 Å². The summed E-state index contributed by atoms with van der Waals surface area (Å²) in [6.07, 6.45) is 1.16. The lowest BCUT2D eigenvalue weighted by Crippen LogP contribution is -2.34. The molecule has 1 aliphatic rings. The predicted octanol–water partition coefficient (Wildman–Crippen LogP) is 2.73. The molecule has 1 atom stereocenters. The number of hydroxylamine groups is 1. The summed E-state index contributed by atoms with van der Waals surface area (Å²) < 4.78 is 23.9. The normalized spacial score (nSPS) is 26.5. The molecule has 5 nitrogen and oxygen atoms in total. The third-order valence-corrected chi connectivity index (χ3v) is 5.71. The molecule has 0 aromatic heterocycles. The van der Waals surface area contributed by atoms with Crippen LogP contribution in [0.4, 0.5) is 0 Å². The van der Waals surface area contributed by atoms with Gasteiger partial charge in [-0.2, -0.15) is 4.74 Å². The maximum Gasteiger partial charge on any atom is 0.401 e. The SMILES string of the molecule is CCOP(=O)(OCC)C1(C)CCC(C)=[N+]1[O-]. The number of rotatable bonds is 5. The first kappa shape index (κ1) is 13.7. The van der Waals surface area contributed by atoms with Gasteiger partial charge in [0.05, 0.1) is 13.2 Å². The van der Waals surface area contributed by atoms with Crippen LogP contribution in [0.3, 0.4) is 0 Å². The number of hydrogen-bond donors (Lipinski definition) is 0. The van der Waals surface area contributed by atoms with E-state index >= 15 is 0 Å². The van der Waals surface area contributed by atoms with Crippen LogP contribution in [0.15, 0.2) is 0 Å². The van der Waals surface area contributed by atoms with Crippen molar-refractivity contribution in [1.29, 1.82) is 0 Å². The topological polar surface area (TPSA) is 61.6 Å². The Bertz CT molecular complexity index is 332. The quantitative estimate of drug-likeness (QED) is 0.427. The lowest BCUT2D eigenvalue weighted by atomic mass is 10.2. The monoisotopic (exact) mass is 249 g/mol. The van der Waals surface area contributed by atoms with Gasteiger partial charge in [0.15, 0.2) is 5.71 Å². The summed E-state index contributed by atoms with van der Waals surface area (Å²) in [6.45, 7) is 7.45. The summed E-state index contributed by atoms with van der Waals surface area (Å²) >= 11 is 0. The maximum atomic E-state index is 12.6. The summed E-state index contributed by atoms with van der Waals surface area (Å²) in [6, 6.07) is 0. The highest BCUT2D eigenvalue weighted by atomic mass is 31.2. The van der Waals surface area contributed by atoms with Gasteiger partial charge in [0.25, 0.3) is 5.28 Å². The van der Waals surface area contributed by atoms with E-state index in [9.17, 15) is 9.77 Å². The molecule has 0 aromatic carbocycles. The molecular weight excluding hydrogens is 229 g/mol. The highest BCUT2D eigenvalue weighted by Gasteiger charge is 2.57. The van der Waals surface area contributed by atoms with E-state index < -0.39 is 12.9 Å². The van der Waals surface area contributed by atoms with Gasteiger partial charge in [0.2, 0.25) is 0 Å². The highest BCUT2D eigenvalue weighted by Crippen LogP contribution is 2.63. The Labute approximate surface area is 96.6 Å². The lowest BCUT2D eigenvalue weighted by molar-refractivity contribution is -0.511. The molecule has 0 radical (unpaired) electrons. The van der Waals surface area contributed by atoms with E-state index in [0.717, 1.165) is 4.74 Å². The lowest BCUT2D eigenvalue weighted by Gasteiger charge is -2.30. The molecule has 0 bridgehead atoms. The Morgan fingerprint density at radius 3 is 2.25 bits per heavy atom. The highest BCUT2D eigenvalue weighted by molar-refractivity contribution is 7.55. The van der Waals surface area contributed by atoms with Crippen LogP contribution >= 0.6 is 7.60 Å². The van der Waals surface area contributed by atoms with Gasteiger partial charge in [-0.25, -0.2) is 0 Å². The molecule has 0 saturated heterocycles. The van der Waals surface area contributed by atoms with Gasteiger partial charge in [-0.15, -0.1) is 0 Å². The Hall–Kier alpha value is -0.380.